The number of hydrogen-bond acceptors (Lipinski definition) is 3. The van der Waals surface area contributed by atoms with Crippen LogP contribution in [0.25, 0.3) is 5.52 Å². The molecule has 0 aliphatic carbocycles. The highest BCUT2D eigenvalue weighted by molar-refractivity contribution is 14.1. The van der Waals surface area contributed by atoms with Crippen LogP contribution in [0.1, 0.15) is 25.3 Å². The van der Waals surface area contributed by atoms with Crippen LogP contribution in [0.2, 0.25) is 0 Å². The maximum absolute atomic E-state index is 4.19. The van der Waals surface area contributed by atoms with Crippen LogP contribution in [0.15, 0.2) is 18.6 Å². The van der Waals surface area contributed by atoms with E-state index in [-0.39, 0.29) is 0 Å². The first-order valence-electron chi connectivity index (χ1n) is 4.43. The largest absolute Gasteiger partial charge is 0.311 e. The molecule has 0 spiro atoms. The van der Waals surface area contributed by atoms with Crippen LogP contribution in [0.5, 0.6) is 0 Å². The van der Waals surface area contributed by atoms with Crippen molar-refractivity contribution in [2.75, 3.05) is 3.53 Å². The molecule has 2 aromatic heterocycles. The number of rotatable bonds is 2. The number of nitrogens with zero attached hydrogens (tertiary/aromatic N) is 3. The van der Waals surface area contributed by atoms with Crippen LogP contribution in [0, 0.1) is 0 Å². The van der Waals surface area contributed by atoms with Crippen molar-refractivity contribution >= 4 is 34.2 Å². The van der Waals surface area contributed by atoms with Gasteiger partial charge in [0, 0.05) is 6.20 Å². The smallest absolute Gasteiger partial charge is 0.162 e. The van der Waals surface area contributed by atoms with Gasteiger partial charge in [-0.05, 0) is 17.5 Å². The molecule has 0 unspecified atom stereocenters. The van der Waals surface area contributed by atoms with Crippen molar-refractivity contribution in [3.05, 3.63) is 24.2 Å². The van der Waals surface area contributed by atoms with E-state index in [0.29, 0.717) is 5.92 Å². The summed E-state index contributed by atoms with van der Waals surface area (Å²) in [5.41, 5.74) is 2.33. The fourth-order valence-electron chi connectivity index (χ4n) is 1.51. The SMILES string of the molecule is CC(C)c1ccn2ncnc(NI)c12. The summed E-state index contributed by atoms with van der Waals surface area (Å²) in [6.45, 7) is 4.33. The molecule has 2 heterocycles. The van der Waals surface area contributed by atoms with E-state index in [4.69, 9.17) is 0 Å². The quantitative estimate of drug-likeness (QED) is 0.685. The van der Waals surface area contributed by atoms with Crippen molar-refractivity contribution in [3.63, 3.8) is 0 Å². The Bertz CT molecular complexity index is 449. The minimum absolute atomic E-state index is 0.481. The summed E-state index contributed by atoms with van der Waals surface area (Å²) in [4.78, 5) is 4.19. The molecule has 0 aliphatic rings. The van der Waals surface area contributed by atoms with Crippen molar-refractivity contribution in [2.45, 2.75) is 19.8 Å². The lowest BCUT2D eigenvalue weighted by Crippen LogP contribution is -1.98. The van der Waals surface area contributed by atoms with Gasteiger partial charge < -0.3 is 3.53 Å². The Hall–Kier alpha value is -0.850. The Morgan fingerprint density at radius 2 is 2.29 bits per heavy atom. The molecule has 0 saturated carbocycles. The summed E-state index contributed by atoms with van der Waals surface area (Å²) in [7, 11) is 0. The first-order chi connectivity index (χ1) is 6.74. The highest BCUT2D eigenvalue weighted by Gasteiger charge is 2.11. The summed E-state index contributed by atoms with van der Waals surface area (Å²) in [6.07, 6.45) is 3.52. The number of hydrogen-bond donors (Lipinski definition) is 1. The molecule has 0 aliphatic heterocycles. The van der Waals surface area contributed by atoms with Gasteiger partial charge in [-0.3, -0.25) is 0 Å². The zero-order valence-corrected chi connectivity index (χ0v) is 10.2. The van der Waals surface area contributed by atoms with E-state index in [1.165, 1.54) is 5.56 Å². The number of halogens is 1. The molecule has 4 nitrogen and oxygen atoms in total. The molecule has 0 bridgehead atoms. The van der Waals surface area contributed by atoms with Crippen LogP contribution < -0.4 is 3.53 Å². The van der Waals surface area contributed by atoms with Crippen LogP contribution in [0.3, 0.4) is 0 Å². The van der Waals surface area contributed by atoms with Gasteiger partial charge in [-0.1, -0.05) is 13.8 Å². The van der Waals surface area contributed by atoms with E-state index >= 15 is 0 Å². The van der Waals surface area contributed by atoms with Crippen LogP contribution in [-0.4, -0.2) is 14.6 Å². The Labute approximate surface area is 96.2 Å². The summed E-state index contributed by atoms with van der Waals surface area (Å²) >= 11 is 2.09. The Morgan fingerprint density at radius 3 is 2.93 bits per heavy atom. The lowest BCUT2D eigenvalue weighted by atomic mass is 10.1. The lowest BCUT2D eigenvalue weighted by molar-refractivity contribution is 0.863. The molecule has 0 aromatic carbocycles. The normalized spacial score (nSPS) is 11.1. The molecular formula is C9H11IN4. The van der Waals surface area contributed by atoms with E-state index in [1.807, 2.05) is 10.7 Å². The van der Waals surface area contributed by atoms with Gasteiger partial charge in [-0.15, -0.1) is 0 Å². The van der Waals surface area contributed by atoms with E-state index in [9.17, 15) is 0 Å². The molecule has 0 fully saturated rings. The molecule has 74 valence electrons. The van der Waals surface area contributed by atoms with Crippen molar-refractivity contribution in [1.82, 2.24) is 14.6 Å². The topological polar surface area (TPSA) is 42.2 Å². The van der Waals surface area contributed by atoms with E-state index in [1.54, 1.807) is 6.33 Å². The molecule has 0 saturated heterocycles. The Morgan fingerprint density at radius 1 is 1.50 bits per heavy atom. The fraction of sp³-hybridized carbons (Fsp3) is 0.333. The molecule has 0 radical (unpaired) electrons. The molecule has 0 atom stereocenters. The van der Waals surface area contributed by atoms with Gasteiger partial charge in [0.2, 0.25) is 0 Å². The fourth-order valence-corrected chi connectivity index (χ4v) is 1.91. The molecule has 5 heteroatoms. The van der Waals surface area contributed by atoms with E-state index in [2.05, 4.69) is 56.4 Å². The highest BCUT2D eigenvalue weighted by atomic mass is 127. The number of fused-ring (bicyclic) bond motifs is 1. The zero-order chi connectivity index (χ0) is 10.1. The third-order valence-electron chi connectivity index (χ3n) is 2.20. The van der Waals surface area contributed by atoms with Crippen LogP contribution in [0.4, 0.5) is 5.82 Å². The van der Waals surface area contributed by atoms with Gasteiger partial charge in [-0.2, -0.15) is 5.10 Å². The minimum atomic E-state index is 0.481. The monoisotopic (exact) mass is 302 g/mol. The van der Waals surface area contributed by atoms with Crippen molar-refractivity contribution in [2.24, 2.45) is 0 Å². The van der Waals surface area contributed by atoms with Gasteiger partial charge >= 0.3 is 0 Å². The Balaban J connectivity index is 2.74. The van der Waals surface area contributed by atoms with Gasteiger partial charge in [0.25, 0.3) is 0 Å². The third-order valence-corrected chi connectivity index (χ3v) is 2.71. The van der Waals surface area contributed by atoms with Crippen LogP contribution in [-0.2, 0) is 0 Å². The third kappa shape index (κ3) is 1.45. The van der Waals surface area contributed by atoms with Gasteiger partial charge in [0.15, 0.2) is 5.82 Å². The first-order valence-corrected chi connectivity index (χ1v) is 5.50. The second kappa shape index (κ2) is 3.72. The highest BCUT2D eigenvalue weighted by Crippen LogP contribution is 2.25. The van der Waals surface area contributed by atoms with Gasteiger partial charge in [0.05, 0.1) is 22.9 Å². The first kappa shape index (κ1) is 9.70. The van der Waals surface area contributed by atoms with Crippen molar-refractivity contribution in [1.29, 1.82) is 0 Å². The minimum Gasteiger partial charge on any atom is -0.311 e. The summed E-state index contributed by atoms with van der Waals surface area (Å²) in [5.74, 6) is 1.35. The standard InChI is InChI=1S/C9H11IN4/c1-6(2)7-3-4-14-8(7)9(13-10)11-5-12-14/h3-6H,1-2H3,(H,11,12,13). The number of aromatic nitrogens is 3. The average molecular weight is 302 g/mol. The number of nitrogens with one attached hydrogen (secondary N) is 1. The molecule has 2 rings (SSSR count). The van der Waals surface area contributed by atoms with Crippen molar-refractivity contribution in [3.8, 4) is 0 Å². The van der Waals surface area contributed by atoms with Crippen LogP contribution >= 0.6 is 22.9 Å². The second-order valence-electron chi connectivity index (χ2n) is 3.42. The summed E-state index contributed by atoms with van der Waals surface area (Å²) in [6, 6.07) is 2.09. The predicted molar refractivity (Wildman–Crippen MR) is 64.7 cm³/mol. The Kier molecular flexibility index (Phi) is 2.58. The molecule has 1 N–H and O–H groups in total. The number of anilines is 1. The van der Waals surface area contributed by atoms with E-state index < -0.39 is 0 Å². The maximum Gasteiger partial charge on any atom is 0.162 e. The maximum atomic E-state index is 4.19. The second-order valence-corrected chi connectivity index (χ2v) is 3.96. The molecule has 0 amide bonds. The van der Waals surface area contributed by atoms with Gasteiger partial charge in [-0.25, -0.2) is 9.50 Å². The summed E-state index contributed by atoms with van der Waals surface area (Å²) in [5, 5.41) is 4.16. The zero-order valence-electron chi connectivity index (χ0n) is 8.03. The predicted octanol–water partition coefficient (Wildman–Crippen LogP) is 2.61. The lowest BCUT2D eigenvalue weighted by Gasteiger charge is -2.06. The molecule has 14 heavy (non-hydrogen) atoms. The average Bonchev–Trinajstić information content (AvgIpc) is 2.60. The van der Waals surface area contributed by atoms with Gasteiger partial charge in [0.1, 0.15) is 11.8 Å². The van der Waals surface area contributed by atoms with Crippen molar-refractivity contribution < 1.29 is 0 Å². The molecular weight excluding hydrogens is 291 g/mol. The summed E-state index contributed by atoms with van der Waals surface area (Å²) < 4.78 is 4.90. The van der Waals surface area contributed by atoms with E-state index in [0.717, 1.165) is 11.3 Å². The molecule has 2 aromatic rings.